The number of pyridine rings is 1. The number of anilines is 1. The molecule has 42 heavy (non-hydrogen) atoms. The minimum atomic E-state index is -0.492. The molecule has 4 heterocycles. The molecule has 0 unspecified atom stereocenters. The second-order valence-corrected chi connectivity index (χ2v) is 11.1. The summed E-state index contributed by atoms with van der Waals surface area (Å²) in [6.07, 6.45) is 2.88. The van der Waals surface area contributed by atoms with Gasteiger partial charge in [0.25, 0.3) is 5.91 Å². The molecule has 1 aromatic heterocycles. The van der Waals surface area contributed by atoms with Crippen molar-refractivity contribution in [1.82, 2.24) is 20.1 Å². The Morgan fingerprint density at radius 2 is 1.88 bits per heavy atom. The van der Waals surface area contributed by atoms with Crippen LogP contribution in [0.5, 0.6) is 5.75 Å². The number of carbonyl (C=O) groups is 2. The number of rotatable bonds is 7. The molecule has 2 aromatic carbocycles. The van der Waals surface area contributed by atoms with Crippen molar-refractivity contribution in [3.05, 3.63) is 101 Å². The molecule has 1 N–H and O–H groups in total. The normalized spacial score (nSPS) is 19.7. The minimum Gasteiger partial charge on any atom is -0.489 e. The van der Waals surface area contributed by atoms with Crippen LogP contribution in [-0.4, -0.2) is 58.8 Å². The molecule has 2 fully saturated rings. The summed E-state index contributed by atoms with van der Waals surface area (Å²) in [7, 11) is 0. The van der Waals surface area contributed by atoms with Gasteiger partial charge in [-0.25, -0.2) is 4.98 Å². The number of allylic oxidation sites excluding steroid dienone is 1. The molecule has 0 aliphatic carbocycles. The van der Waals surface area contributed by atoms with Crippen molar-refractivity contribution in [2.45, 2.75) is 45.0 Å². The van der Waals surface area contributed by atoms with Gasteiger partial charge in [-0.15, -0.1) is 0 Å². The molecule has 0 bridgehead atoms. The van der Waals surface area contributed by atoms with Gasteiger partial charge in [0.15, 0.2) is 0 Å². The first-order chi connectivity index (χ1) is 20.4. The molecule has 2 saturated heterocycles. The Kier molecular flexibility index (Phi) is 7.64. The first-order valence-corrected chi connectivity index (χ1v) is 14.4. The maximum atomic E-state index is 13.1. The van der Waals surface area contributed by atoms with E-state index in [1.165, 1.54) is 5.56 Å². The molecule has 0 spiro atoms. The molecular formula is C33H34N6O3. The Bertz CT molecular complexity index is 1540. The fraction of sp³-hybridized carbons (Fsp3) is 0.333. The molecule has 3 aromatic rings. The van der Waals surface area contributed by atoms with Gasteiger partial charge >= 0.3 is 0 Å². The Labute approximate surface area is 246 Å². The third-order valence-corrected chi connectivity index (χ3v) is 8.57. The highest BCUT2D eigenvalue weighted by Crippen LogP contribution is 2.34. The van der Waals surface area contributed by atoms with Crippen molar-refractivity contribution < 1.29 is 14.3 Å². The lowest BCUT2D eigenvalue weighted by Gasteiger charge is -2.38. The van der Waals surface area contributed by atoms with Gasteiger partial charge in [-0.1, -0.05) is 36.9 Å². The summed E-state index contributed by atoms with van der Waals surface area (Å²) in [5, 5.41) is 11.8. The number of ether oxygens (including phenoxy) is 1. The van der Waals surface area contributed by atoms with E-state index in [0.717, 1.165) is 43.1 Å². The van der Waals surface area contributed by atoms with E-state index >= 15 is 0 Å². The maximum Gasteiger partial charge on any atom is 0.255 e. The third-order valence-electron chi connectivity index (χ3n) is 8.57. The zero-order valence-corrected chi connectivity index (χ0v) is 23.8. The number of benzene rings is 2. The predicted molar refractivity (Wildman–Crippen MR) is 159 cm³/mol. The van der Waals surface area contributed by atoms with Gasteiger partial charge in [0.05, 0.1) is 12.1 Å². The smallest absolute Gasteiger partial charge is 0.255 e. The summed E-state index contributed by atoms with van der Waals surface area (Å²) < 4.78 is 6.21. The summed E-state index contributed by atoms with van der Waals surface area (Å²) in [6, 6.07) is 19.7. The van der Waals surface area contributed by atoms with E-state index < -0.39 is 6.04 Å². The molecule has 214 valence electrons. The number of nitrogens with zero attached hydrogens (tertiary/aromatic N) is 5. The molecule has 9 heteroatoms. The van der Waals surface area contributed by atoms with E-state index in [9.17, 15) is 9.59 Å². The third kappa shape index (κ3) is 5.46. The second-order valence-electron chi connectivity index (χ2n) is 11.1. The van der Waals surface area contributed by atoms with Gasteiger partial charge in [0.1, 0.15) is 30.3 Å². The van der Waals surface area contributed by atoms with Crippen molar-refractivity contribution in [2.75, 3.05) is 31.1 Å². The van der Waals surface area contributed by atoms with Gasteiger partial charge in [0, 0.05) is 55.2 Å². The molecule has 2 atom stereocenters. The summed E-state index contributed by atoms with van der Waals surface area (Å²) in [4.78, 5) is 36.5. The van der Waals surface area contributed by atoms with Crippen LogP contribution in [0, 0.1) is 11.3 Å². The van der Waals surface area contributed by atoms with Crippen LogP contribution in [0.15, 0.2) is 73.1 Å². The molecule has 6 rings (SSSR count). The van der Waals surface area contributed by atoms with Crippen molar-refractivity contribution >= 4 is 17.6 Å². The largest absolute Gasteiger partial charge is 0.489 e. The molecule has 3 aliphatic rings. The molecule has 3 aliphatic heterocycles. The molecule has 9 nitrogen and oxygen atoms in total. The zero-order valence-electron chi connectivity index (χ0n) is 23.8. The Balaban J connectivity index is 1.04. The van der Waals surface area contributed by atoms with Crippen LogP contribution < -0.4 is 15.0 Å². The van der Waals surface area contributed by atoms with Crippen LogP contribution >= 0.6 is 0 Å². The first-order valence-electron chi connectivity index (χ1n) is 14.4. The summed E-state index contributed by atoms with van der Waals surface area (Å²) in [6.45, 7) is 10.5. The number of hydrogen-bond donors (Lipinski definition) is 1. The lowest BCUT2D eigenvalue weighted by atomic mass is 10.0. The van der Waals surface area contributed by atoms with Crippen molar-refractivity contribution in [1.29, 1.82) is 5.26 Å². The summed E-state index contributed by atoms with van der Waals surface area (Å²) in [5.41, 5.74) is 5.01. The average molecular weight is 563 g/mol. The first kappa shape index (κ1) is 27.5. The van der Waals surface area contributed by atoms with Crippen LogP contribution in [0.1, 0.15) is 58.4 Å². The number of amides is 2. The fourth-order valence-electron chi connectivity index (χ4n) is 6.01. The van der Waals surface area contributed by atoms with Crippen LogP contribution in [0.4, 0.5) is 5.82 Å². The van der Waals surface area contributed by atoms with Crippen molar-refractivity contribution in [2.24, 2.45) is 0 Å². The number of hydrogen-bond acceptors (Lipinski definition) is 7. The predicted octanol–water partition coefficient (Wildman–Crippen LogP) is 4.16. The van der Waals surface area contributed by atoms with Crippen LogP contribution in [0.3, 0.4) is 0 Å². The van der Waals surface area contributed by atoms with E-state index in [0.29, 0.717) is 48.6 Å². The number of nitrogens with one attached hydrogen (secondary N) is 1. The van der Waals surface area contributed by atoms with E-state index in [1.807, 2.05) is 24.3 Å². The standard InChI is InChI=1S/C33H34N6O3/c1-22-6-12-29(32(40)36-22)39-20-28-27(33(39)41)4-3-5-30(28)42-21-24-7-10-26(11-8-24)23(2)37-14-16-38(17-15-37)31-13-9-25(18-34)19-35-31/h3-5,7-11,13,19,23,29H,1,6,12,14-17,20-21H2,2H3,(H,36,40)/t23-,29+/m1/s1. The van der Waals surface area contributed by atoms with Crippen LogP contribution in [0.2, 0.25) is 0 Å². The van der Waals surface area contributed by atoms with Crippen molar-refractivity contribution in [3.8, 4) is 11.8 Å². The van der Waals surface area contributed by atoms with Crippen LogP contribution in [0.25, 0.3) is 0 Å². The number of fused-ring (bicyclic) bond motifs is 1. The average Bonchev–Trinajstić information content (AvgIpc) is 3.36. The van der Waals surface area contributed by atoms with E-state index in [4.69, 9.17) is 10.00 Å². The maximum absolute atomic E-state index is 13.1. The van der Waals surface area contributed by atoms with Gasteiger partial charge in [-0.05, 0) is 55.2 Å². The number of carbonyl (C=O) groups excluding carboxylic acids is 2. The van der Waals surface area contributed by atoms with Gasteiger partial charge < -0.3 is 19.9 Å². The second kappa shape index (κ2) is 11.7. The number of piperidine rings is 1. The lowest BCUT2D eigenvalue weighted by Crippen LogP contribution is -2.49. The highest BCUT2D eigenvalue weighted by molar-refractivity contribution is 6.02. The Morgan fingerprint density at radius 1 is 1.10 bits per heavy atom. The van der Waals surface area contributed by atoms with E-state index in [-0.39, 0.29) is 17.9 Å². The number of nitriles is 1. The molecule has 0 radical (unpaired) electrons. The molecular weight excluding hydrogens is 528 g/mol. The fourth-order valence-corrected chi connectivity index (χ4v) is 6.01. The monoisotopic (exact) mass is 562 g/mol. The SMILES string of the molecule is C=C1CC[C@H](N2Cc3c(OCc4ccc([C@@H](C)N5CCN(c6ccc(C#N)cn6)CC5)cc4)cccc3C2=O)C(=O)N1. The van der Waals surface area contributed by atoms with Gasteiger partial charge in [0.2, 0.25) is 5.91 Å². The number of piperazine rings is 1. The van der Waals surface area contributed by atoms with Gasteiger partial charge in [-0.2, -0.15) is 5.26 Å². The van der Waals surface area contributed by atoms with Crippen LogP contribution in [-0.2, 0) is 17.9 Å². The van der Waals surface area contributed by atoms with Crippen molar-refractivity contribution in [3.63, 3.8) is 0 Å². The summed E-state index contributed by atoms with van der Waals surface area (Å²) >= 11 is 0. The zero-order chi connectivity index (χ0) is 29.2. The molecule has 2 amide bonds. The van der Waals surface area contributed by atoms with Gasteiger partial charge in [-0.3, -0.25) is 14.5 Å². The topological polar surface area (TPSA) is 102 Å². The lowest BCUT2D eigenvalue weighted by molar-refractivity contribution is -0.126. The highest BCUT2D eigenvalue weighted by atomic mass is 16.5. The Hall–Kier alpha value is -4.68. The minimum absolute atomic E-state index is 0.129. The van der Waals surface area contributed by atoms with E-state index in [2.05, 4.69) is 63.9 Å². The van der Waals surface area contributed by atoms with E-state index in [1.54, 1.807) is 17.2 Å². The summed E-state index contributed by atoms with van der Waals surface area (Å²) in [5.74, 6) is 1.29. The number of aromatic nitrogens is 1. The Morgan fingerprint density at radius 3 is 2.57 bits per heavy atom. The quantitative estimate of drug-likeness (QED) is 0.461. The molecule has 0 saturated carbocycles. The highest BCUT2D eigenvalue weighted by Gasteiger charge is 2.39.